The number of ether oxygens (including phenoxy) is 1. The molecule has 0 bridgehead atoms. The van der Waals surface area contributed by atoms with E-state index >= 15 is 0 Å². The lowest BCUT2D eigenvalue weighted by Crippen LogP contribution is -2.13. The summed E-state index contributed by atoms with van der Waals surface area (Å²) in [5, 5.41) is 17.4. The molecule has 0 aliphatic heterocycles. The molecule has 0 radical (unpaired) electrons. The van der Waals surface area contributed by atoms with Gasteiger partial charge in [-0.2, -0.15) is 5.10 Å². The molecule has 156 valence electrons. The summed E-state index contributed by atoms with van der Waals surface area (Å²) < 4.78 is 12.5. The number of nitrogens with zero attached hydrogens (tertiary/aromatic N) is 5. The number of hydrogen-bond acceptors (Lipinski definition) is 8. The fourth-order valence-corrected chi connectivity index (χ4v) is 3.25. The third-order valence-corrected chi connectivity index (χ3v) is 4.58. The maximum atomic E-state index is 12.8. The quantitative estimate of drug-likeness (QED) is 0.475. The summed E-state index contributed by atoms with van der Waals surface area (Å²) in [6, 6.07) is 3.12. The zero-order valence-corrected chi connectivity index (χ0v) is 17.0. The molecular formula is C20H22N6O4. The molecule has 0 fully saturated rings. The summed E-state index contributed by atoms with van der Waals surface area (Å²) >= 11 is 0. The van der Waals surface area contributed by atoms with Crippen molar-refractivity contribution in [2.45, 2.75) is 33.1 Å². The smallest absolute Gasteiger partial charge is 0.277 e. The minimum absolute atomic E-state index is 0.231. The predicted octanol–water partition coefficient (Wildman–Crippen LogP) is 2.82. The van der Waals surface area contributed by atoms with Gasteiger partial charge in [0.1, 0.15) is 11.3 Å². The Morgan fingerprint density at radius 1 is 1.27 bits per heavy atom. The average molecular weight is 410 g/mol. The second-order valence-corrected chi connectivity index (χ2v) is 6.91. The lowest BCUT2D eigenvalue weighted by Gasteiger charge is -2.10. The summed E-state index contributed by atoms with van der Waals surface area (Å²) in [6.07, 6.45) is 3.94. The second kappa shape index (κ2) is 7.97. The van der Waals surface area contributed by atoms with Crippen LogP contribution in [-0.2, 0) is 13.5 Å². The first-order chi connectivity index (χ1) is 14.5. The van der Waals surface area contributed by atoms with Crippen molar-refractivity contribution in [1.82, 2.24) is 29.9 Å². The van der Waals surface area contributed by atoms with E-state index in [0.29, 0.717) is 52.7 Å². The van der Waals surface area contributed by atoms with E-state index in [1.54, 1.807) is 24.0 Å². The first-order valence-electron chi connectivity index (χ1n) is 9.77. The van der Waals surface area contributed by atoms with E-state index in [1.807, 2.05) is 13.8 Å². The summed E-state index contributed by atoms with van der Waals surface area (Å²) in [4.78, 5) is 24.7. The van der Waals surface area contributed by atoms with Gasteiger partial charge in [0.2, 0.25) is 5.88 Å². The molecule has 30 heavy (non-hydrogen) atoms. The molecule has 0 aliphatic carbocycles. The van der Waals surface area contributed by atoms with Crippen molar-refractivity contribution in [3.63, 3.8) is 0 Å². The second-order valence-electron chi connectivity index (χ2n) is 6.91. The number of aromatic nitrogens is 6. The fraction of sp³-hybridized carbons (Fsp3) is 0.350. The monoisotopic (exact) mass is 410 g/mol. The van der Waals surface area contributed by atoms with Gasteiger partial charge in [-0.05, 0) is 24.1 Å². The molecule has 4 heterocycles. The molecule has 4 aromatic rings. The minimum atomic E-state index is -0.295. The lowest BCUT2D eigenvalue weighted by molar-refractivity contribution is 0.306. The van der Waals surface area contributed by atoms with Gasteiger partial charge in [0.25, 0.3) is 11.4 Å². The Bertz CT molecular complexity index is 1260. The summed E-state index contributed by atoms with van der Waals surface area (Å²) in [5.41, 5.74) is 2.51. The number of H-pyrrole nitrogens is 1. The largest absolute Gasteiger partial charge is 0.491 e. The van der Waals surface area contributed by atoms with Crippen molar-refractivity contribution in [3.05, 3.63) is 34.4 Å². The number of aromatic amines is 1. The van der Waals surface area contributed by atoms with Crippen molar-refractivity contribution < 1.29 is 14.4 Å². The Labute approximate surface area is 171 Å². The number of hydrogen-bond donors (Lipinski definition) is 2. The van der Waals surface area contributed by atoms with Crippen molar-refractivity contribution in [2.24, 2.45) is 7.05 Å². The number of nitrogens with one attached hydrogen (secondary N) is 1. The Kier molecular flexibility index (Phi) is 5.21. The van der Waals surface area contributed by atoms with E-state index < -0.39 is 0 Å². The highest BCUT2D eigenvalue weighted by molar-refractivity contribution is 5.80. The Balaban J connectivity index is 1.91. The zero-order valence-electron chi connectivity index (χ0n) is 17.0. The van der Waals surface area contributed by atoms with Crippen molar-refractivity contribution >= 4 is 11.0 Å². The summed E-state index contributed by atoms with van der Waals surface area (Å²) in [6.45, 7) is 4.50. The highest BCUT2D eigenvalue weighted by Gasteiger charge is 2.19. The molecule has 0 amide bonds. The van der Waals surface area contributed by atoms with Crippen molar-refractivity contribution in [2.75, 3.05) is 6.61 Å². The molecule has 2 N–H and O–H groups in total. The van der Waals surface area contributed by atoms with Gasteiger partial charge in [-0.1, -0.05) is 20.3 Å². The molecule has 0 saturated heterocycles. The molecule has 0 spiro atoms. The Morgan fingerprint density at radius 3 is 2.80 bits per heavy atom. The molecular weight excluding hydrogens is 388 g/mol. The SMILES string of the molecule is CCCOc1ncc(-c2cc(O)no2)cc1-c1nc2c(CCC)nn(C)c2c(=O)[nH]1. The summed E-state index contributed by atoms with van der Waals surface area (Å²) in [5.74, 6) is 0.764. The van der Waals surface area contributed by atoms with Gasteiger partial charge in [-0.15, -0.1) is 0 Å². The molecule has 0 saturated carbocycles. The average Bonchev–Trinajstić information content (AvgIpc) is 3.30. The van der Waals surface area contributed by atoms with Crippen LogP contribution in [0.25, 0.3) is 33.7 Å². The van der Waals surface area contributed by atoms with Crippen molar-refractivity contribution in [1.29, 1.82) is 0 Å². The van der Waals surface area contributed by atoms with E-state index in [-0.39, 0.29) is 11.4 Å². The van der Waals surface area contributed by atoms with E-state index in [1.165, 1.54) is 6.07 Å². The van der Waals surface area contributed by atoms with Gasteiger partial charge < -0.3 is 19.4 Å². The van der Waals surface area contributed by atoms with Crippen molar-refractivity contribution in [3.8, 4) is 34.5 Å². The van der Waals surface area contributed by atoms with Gasteiger partial charge >= 0.3 is 0 Å². The van der Waals surface area contributed by atoms with E-state index in [9.17, 15) is 9.90 Å². The van der Waals surface area contributed by atoms with Crippen LogP contribution in [0.4, 0.5) is 0 Å². The molecule has 10 nitrogen and oxygen atoms in total. The molecule has 0 aromatic carbocycles. The lowest BCUT2D eigenvalue weighted by atomic mass is 10.1. The topological polar surface area (TPSA) is 132 Å². The van der Waals surface area contributed by atoms with Crippen LogP contribution in [0, 0.1) is 0 Å². The first kappa shape index (κ1) is 19.6. The normalized spacial score (nSPS) is 11.3. The van der Waals surface area contributed by atoms with Crippen LogP contribution >= 0.6 is 0 Å². The highest BCUT2D eigenvalue weighted by Crippen LogP contribution is 2.32. The van der Waals surface area contributed by atoms with Crippen LogP contribution in [0.1, 0.15) is 32.4 Å². The molecule has 4 aromatic heterocycles. The van der Waals surface area contributed by atoms with Crippen LogP contribution in [0.5, 0.6) is 11.8 Å². The number of aryl methyl sites for hydroxylation is 2. The van der Waals surface area contributed by atoms with Gasteiger partial charge in [-0.25, -0.2) is 9.97 Å². The molecule has 0 atom stereocenters. The van der Waals surface area contributed by atoms with Crippen LogP contribution in [0.15, 0.2) is 27.6 Å². The maximum absolute atomic E-state index is 12.8. The number of pyridine rings is 1. The van der Waals surface area contributed by atoms with Gasteiger partial charge in [0, 0.05) is 24.9 Å². The first-order valence-corrected chi connectivity index (χ1v) is 9.77. The third kappa shape index (κ3) is 3.51. The minimum Gasteiger partial charge on any atom is -0.491 e. The van der Waals surface area contributed by atoms with Crippen LogP contribution in [-0.4, -0.2) is 41.6 Å². The number of fused-ring (bicyclic) bond motifs is 1. The zero-order chi connectivity index (χ0) is 21.3. The maximum Gasteiger partial charge on any atom is 0.277 e. The predicted molar refractivity (Wildman–Crippen MR) is 109 cm³/mol. The van der Waals surface area contributed by atoms with Gasteiger partial charge in [-0.3, -0.25) is 9.48 Å². The highest BCUT2D eigenvalue weighted by atomic mass is 16.5. The Morgan fingerprint density at radius 2 is 2.10 bits per heavy atom. The molecule has 10 heteroatoms. The van der Waals surface area contributed by atoms with Crippen LogP contribution in [0.2, 0.25) is 0 Å². The Hall–Kier alpha value is -3.69. The fourth-order valence-electron chi connectivity index (χ4n) is 3.25. The third-order valence-electron chi connectivity index (χ3n) is 4.58. The molecule has 0 unspecified atom stereocenters. The van der Waals surface area contributed by atoms with Gasteiger partial charge in [0.15, 0.2) is 11.3 Å². The van der Waals surface area contributed by atoms with E-state index in [0.717, 1.165) is 18.5 Å². The van der Waals surface area contributed by atoms with Gasteiger partial charge in [0.05, 0.1) is 17.9 Å². The van der Waals surface area contributed by atoms with Crippen LogP contribution in [0.3, 0.4) is 0 Å². The van der Waals surface area contributed by atoms with E-state index in [4.69, 9.17) is 14.2 Å². The van der Waals surface area contributed by atoms with E-state index in [2.05, 4.69) is 20.2 Å². The van der Waals surface area contributed by atoms with Crippen LogP contribution < -0.4 is 10.3 Å². The molecule has 4 rings (SSSR count). The number of rotatable bonds is 7. The standard InChI is InChI=1S/C20H22N6O4/c1-4-6-13-16-17(26(3)24-13)19(28)23-18(22-16)12-8-11(14-9-15(27)25-30-14)10-21-20(12)29-7-5-2/h8-10H,4-7H2,1-3H3,(H,25,27)(H,22,23,28). The molecule has 0 aliphatic rings. The summed E-state index contributed by atoms with van der Waals surface area (Å²) in [7, 11) is 1.73. The number of aromatic hydroxyl groups is 1.